The van der Waals surface area contributed by atoms with Crippen molar-refractivity contribution in [3.63, 3.8) is 0 Å². The van der Waals surface area contributed by atoms with Gasteiger partial charge in [-0.1, -0.05) is 6.07 Å². The summed E-state index contributed by atoms with van der Waals surface area (Å²) < 4.78 is 54.5. The van der Waals surface area contributed by atoms with Gasteiger partial charge in [0.15, 0.2) is 11.4 Å². The van der Waals surface area contributed by atoms with E-state index in [2.05, 4.69) is 15.0 Å². The third-order valence-electron chi connectivity index (χ3n) is 6.31. The van der Waals surface area contributed by atoms with Crippen LogP contribution in [0.2, 0.25) is 0 Å². The molecule has 2 aromatic heterocycles. The van der Waals surface area contributed by atoms with E-state index in [1.807, 2.05) is 0 Å². The Morgan fingerprint density at radius 2 is 1.94 bits per heavy atom. The summed E-state index contributed by atoms with van der Waals surface area (Å²) in [7, 11) is 0. The highest BCUT2D eigenvalue weighted by molar-refractivity contribution is 5.84. The number of rotatable bonds is 2. The molecule has 1 aromatic carbocycles. The topological polar surface area (TPSA) is 85.9 Å². The summed E-state index contributed by atoms with van der Waals surface area (Å²) in [6.45, 7) is 0.0325. The summed E-state index contributed by atoms with van der Waals surface area (Å²) in [6.07, 6.45) is 3.57. The predicted molar refractivity (Wildman–Crippen MR) is 119 cm³/mol. The quantitative estimate of drug-likeness (QED) is 0.576. The molecule has 0 bridgehead atoms. The van der Waals surface area contributed by atoms with Gasteiger partial charge in [-0.3, -0.25) is 4.99 Å². The molecule has 174 valence electrons. The summed E-state index contributed by atoms with van der Waals surface area (Å²) in [5.74, 6) is -2.11. The first-order chi connectivity index (χ1) is 16.3. The SMILES string of the molecule is NC1CN=C[C@]2(O1)c1cc(-c3cccnc3F)ccc1Oc1cnc(N3CCC(F)(F)C3)cc12. The fraction of sp³-hybridized carbons (Fsp3) is 0.292. The van der Waals surface area contributed by atoms with Crippen LogP contribution in [-0.4, -0.2) is 48.0 Å². The Kier molecular flexibility index (Phi) is 4.65. The maximum absolute atomic E-state index is 14.4. The van der Waals surface area contributed by atoms with E-state index >= 15 is 0 Å². The molecule has 7 nitrogen and oxygen atoms in total. The zero-order valence-electron chi connectivity index (χ0n) is 17.9. The molecular weight excluding hydrogens is 447 g/mol. The van der Waals surface area contributed by atoms with Crippen LogP contribution in [-0.2, 0) is 10.3 Å². The van der Waals surface area contributed by atoms with Crippen molar-refractivity contribution >= 4 is 12.0 Å². The molecule has 0 amide bonds. The van der Waals surface area contributed by atoms with Gasteiger partial charge in [0.2, 0.25) is 5.95 Å². The first-order valence-corrected chi connectivity index (χ1v) is 10.9. The molecule has 3 aliphatic rings. The first-order valence-electron chi connectivity index (χ1n) is 10.9. The number of hydrogen-bond acceptors (Lipinski definition) is 7. The fourth-order valence-corrected chi connectivity index (χ4v) is 4.71. The number of aliphatic imine (C=N–C) groups is 1. The summed E-state index contributed by atoms with van der Waals surface area (Å²) in [5, 5.41) is 0. The van der Waals surface area contributed by atoms with E-state index in [0.29, 0.717) is 39.6 Å². The number of aromatic nitrogens is 2. The van der Waals surface area contributed by atoms with E-state index in [0.717, 1.165) is 0 Å². The smallest absolute Gasteiger partial charge is 0.266 e. The van der Waals surface area contributed by atoms with Gasteiger partial charge in [0.1, 0.15) is 17.8 Å². The van der Waals surface area contributed by atoms with Crippen LogP contribution in [0.3, 0.4) is 0 Å². The molecule has 0 radical (unpaired) electrons. The lowest BCUT2D eigenvalue weighted by Gasteiger charge is -2.41. The number of benzene rings is 1. The lowest BCUT2D eigenvalue weighted by molar-refractivity contribution is -0.0313. The minimum Gasteiger partial charge on any atom is -0.455 e. The van der Waals surface area contributed by atoms with Gasteiger partial charge in [0.25, 0.3) is 5.92 Å². The van der Waals surface area contributed by atoms with Crippen molar-refractivity contribution in [3.8, 4) is 22.6 Å². The molecule has 34 heavy (non-hydrogen) atoms. The van der Waals surface area contributed by atoms with Crippen molar-refractivity contribution in [2.24, 2.45) is 10.7 Å². The minimum absolute atomic E-state index is 0.183. The third kappa shape index (κ3) is 3.33. The Morgan fingerprint density at radius 1 is 1.09 bits per heavy atom. The van der Waals surface area contributed by atoms with Gasteiger partial charge < -0.3 is 20.1 Å². The molecule has 0 saturated carbocycles. The van der Waals surface area contributed by atoms with Crippen molar-refractivity contribution < 1.29 is 22.6 Å². The van der Waals surface area contributed by atoms with Gasteiger partial charge in [-0.05, 0) is 35.9 Å². The molecule has 3 aromatic rings. The van der Waals surface area contributed by atoms with Crippen LogP contribution < -0.4 is 15.4 Å². The number of anilines is 1. The Balaban J connectivity index is 1.51. The van der Waals surface area contributed by atoms with Crippen LogP contribution in [0.25, 0.3) is 11.1 Å². The Labute approximate surface area is 193 Å². The van der Waals surface area contributed by atoms with Crippen molar-refractivity contribution in [1.29, 1.82) is 0 Å². The van der Waals surface area contributed by atoms with Gasteiger partial charge in [-0.2, -0.15) is 4.39 Å². The molecule has 6 rings (SSSR count). The maximum Gasteiger partial charge on any atom is 0.266 e. The first kappa shape index (κ1) is 21.1. The molecular formula is C24H20F3N5O2. The van der Waals surface area contributed by atoms with Gasteiger partial charge in [-0.25, -0.2) is 18.7 Å². The number of hydrogen-bond donors (Lipinski definition) is 1. The second kappa shape index (κ2) is 7.51. The van der Waals surface area contributed by atoms with Crippen molar-refractivity contribution in [1.82, 2.24) is 9.97 Å². The van der Waals surface area contributed by atoms with Crippen LogP contribution in [0.4, 0.5) is 19.0 Å². The van der Waals surface area contributed by atoms with Gasteiger partial charge in [-0.15, -0.1) is 0 Å². The molecule has 3 aliphatic heterocycles. The average Bonchev–Trinajstić information content (AvgIpc) is 3.19. The predicted octanol–water partition coefficient (Wildman–Crippen LogP) is 3.86. The van der Waals surface area contributed by atoms with E-state index < -0.39 is 30.2 Å². The molecule has 5 heterocycles. The number of ether oxygens (including phenoxy) is 2. The highest BCUT2D eigenvalue weighted by atomic mass is 19.3. The zero-order chi connectivity index (χ0) is 23.5. The maximum atomic E-state index is 14.4. The number of fused-ring (bicyclic) bond motifs is 4. The lowest BCUT2D eigenvalue weighted by atomic mass is 9.82. The van der Waals surface area contributed by atoms with Crippen LogP contribution in [0.1, 0.15) is 17.5 Å². The van der Waals surface area contributed by atoms with Crippen LogP contribution in [0.15, 0.2) is 53.8 Å². The number of nitrogens with zero attached hydrogens (tertiary/aromatic N) is 4. The van der Waals surface area contributed by atoms with Crippen LogP contribution in [0, 0.1) is 5.95 Å². The lowest BCUT2D eigenvalue weighted by Crippen LogP contribution is -2.46. The van der Waals surface area contributed by atoms with E-state index in [9.17, 15) is 13.2 Å². The summed E-state index contributed by atoms with van der Waals surface area (Å²) >= 11 is 0. The van der Waals surface area contributed by atoms with Crippen LogP contribution >= 0.6 is 0 Å². The van der Waals surface area contributed by atoms with E-state index in [-0.39, 0.29) is 19.5 Å². The summed E-state index contributed by atoms with van der Waals surface area (Å²) in [5.41, 5.74) is 6.90. The average molecular weight is 467 g/mol. The van der Waals surface area contributed by atoms with Crippen LogP contribution in [0.5, 0.6) is 11.5 Å². The highest BCUT2D eigenvalue weighted by Gasteiger charge is 2.47. The standard InChI is InChI=1S/C24H20F3N5O2/c25-22-15(2-1-6-30-22)14-3-4-18-16(8-14)24(12-29-11-20(28)34-24)17-9-21(31-10-19(17)33-18)32-7-5-23(26,27)13-32/h1-4,6,8-10,12,20H,5,7,11,13,28H2/t20?,24-/m0/s1. The third-order valence-corrected chi connectivity index (χ3v) is 6.31. The van der Waals surface area contributed by atoms with Gasteiger partial charge in [0, 0.05) is 42.1 Å². The second-order valence-corrected chi connectivity index (χ2v) is 8.61. The molecule has 0 aliphatic carbocycles. The minimum atomic E-state index is -2.77. The van der Waals surface area contributed by atoms with E-state index in [4.69, 9.17) is 15.2 Å². The molecule has 1 unspecified atom stereocenters. The Morgan fingerprint density at radius 3 is 2.71 bits per heavy atom. The zero-order valence-corrected chi connectivity index (χ0v) is 17.9. The monoisotopic (exact) mass is 467 g/mol. The number of nitrogens with two attached hydrogens (primary N) is 1. The molecule has 10 heteroatoms. The number of alkyl halides is 2. The van der Waals surface area contributed by atoms with Crippen molar-refractivity contribution in [2.45, 2.75) is 24.2 Å². The van der Waals surface area contributed by atoms with E-state index in [1.165, 1.54) is 17.3 Å². The summed E-state index contributed by atoms with van der Waals surface area (Å²) in [4.78, 5) is 14.1. The fourth-order valence-electron chi connectivity index (χ4n) is 4.71. The summed E-state index contributed by atoms with van der Waals surface area (Å²) in [6, 6.07) is 10.2. The molecule has 1 fully saturated rings. The normalized spacial score (nSPS) is 24.6. The van der Waals surface area contributed by atoms with Gasteiger partial charge >= 0.3 is 0 Å². The van der Waals surface area contributed by atoms with Crippen molar-refractivity contribution in [2.75, 3.05) is 24.5 Å². The Hall–Kier alpha value is -3.50. The number of halogens is 3. The van der Waals surface area contributed by atoms with Crippen molar-refractivity contribution in [3.05, 3.63) is 65.9 Å². The number of pyridine rings is 2. The largest absolute Gasteiger partial charge is 0.455 e. The second-order valence-electron chi connectivity index (χ2n) is 8.61. The molecule has 2 atom stereocenters. The molecule has 2 N–H and O–H groups in total. The molecule has 1 saturated heterocycles. The van der Waals surface area contributed by atoms with E-state index in [1.54, 1.807) is 42.6 Å². The van der Waals surface area contributed by atoms with Gasteiger partial charge in [0.05, 0.1) is 19.3 Å². The molecule has 1 spiro atoms. The Bertz CT molecular complexity index is 1320. The highest BCUT2D eigenvalue weighted by Crippen LogP contribution is 2.51.